The van der Waals surface area contributed by atoms with Crippen molar-refractivity contribution in [3.05, 3.63) is 17.7 Å². The molecule has 0 heterocycles. The third-order valence-corrected chi connectivity index (χ3v) is 1.38. The van der Waals surface area contributed by atoms with Crippen LogP contribution in [0.4, 0.5) is 0 Å². The first-order valence-electron chi connectivity index (χ1n) is 2.83. The summed E-state index contributed by atoms with van der Waals surface area (Å²) in [7, 11) is 0. The van der Waals surface area contributed by atoms with Gasteiger partial charge in [-0.15, -0.1) is 0 Å². The molecule has 1 aromatic rings. The topological polar surface area (TPSA) is 60.7 Å². The predicted octanol–water partition coefficient (Wildman–Crippen LogP) is 1.11. The van der Waals surface area contributed by atoms with Gasteiger partial charge in [0.2, 0.25) is 0 Å². The van der Waals surface area contributed by atoms with Gasteiger partial charge in [0.05, 0.1) is 0 Å². The number of hydrogen-bond donors (Lipinski definition) is 3. The Labute approximate surface area is 58.2 Å². The lowest BCUT2D eigenvalue weighted by molar-refractivity contribution is 0.392. The molecule has 0 radical (unpaired) electrons. The minimum Gasteiger partial charge on any atom is -0.508 e. The molecule has 1 rings (SSSR count). The fourth-order valence-electron chi connectivity index (χ4n) is 0.675. The van der Waals surface area contributed by atoms with Crippen LogP contribution in [0.2, 0.25) is 0 Å². The number of benzene rings is 1. The predicted molar refractivity (Wildman–Crippen MR) is 36.2 cm³/mol. The van der Waals surface area contributed by atoms with Gasteiger partial charge in [-0.2, -0.15) is 0 Å². The molecule has 3 nitrogen and oxygen atoms in total. The Bertz CT molecular complexity index is 228. The molecular weight excluding hydrogens is 132 g/mol. The fraction of sp³-hybridized carbons (Fsp3) is 0.143. The van der Waals surface area contributed by atoms with Crippen molar-refractivity contribution >= 4 is 0 Å². The second-order valence-electron chi connectivity index (χ2n) is 2.08. The van der Waals surface area contributed by atoms with Crippen LogP contribution < -0.4 is 0 Å². The number of aromatic hydroxyl groups is 3. The summed E-state index contributed by atoms with van der Waals surface area (Å²) in [6, 6.07) is 2.56. The smallest absolute Gasteiger partial charge is 0.164 e. The van der Waals surface area contributed by atoms with Gasteiger partial charge in [-0.3, -0.25) is 0 Å². The zero-order valence-electron chi connectivity index (χ0n) is 5.50. The van der Waals surface area contributed by atoms with E-state index in [4.69, 9.17) is 15.3 Å². The van der Waals surface area contributed by atoms with Crippen molar-refractivity contribution in [3.63, 3.8) is 0 Å². The third kappa shape index (κ3) is 0.857. The van der Waals surface area contributed by atoms with Gasteiger partial charge in [0.1, 0.15) is 5.75 Å². The maximum absolute atomic E-state index is 8.98. The Balaban J connectivity index is 3.34. The van der Waals surface area contributed by atoms with Gasteiger partial charge < -0.3 is 15.3 Å². The van der Waals surface area contributed by atoms with Crippen molar-refractivity contribution < 1.29 is 15.3 Å². The van der Waals surface area contributed by atoms with Gasteiger partial charge >= 0.3 is 0 Å². The summed E-state index contributed by atoms with van der Waals surface area (Å²) in [5, 5.41) is 26.8. The Morgan fingerprint density at radius 2 is 1.50 bits per heavy atom. The molecule has 0 unspecified atom stereocenters. The molecule has 3 heteroatoms. The van der Waals surface area contributed by atoms with E-state index in [1.807, 2.05) is 0 Å². The SMILES string of the molecule is Cc1c(O)ccc(O)c1O. The molecule has 0 aliphatic heterocycles. The molecule has 0 bridgehead atoms. The number of hydrogen-bond acceptors (Lipinski definition) is 3. The number of phenols is 3. The summed E-state index contributed by atoms with van der Waals surface area (Å²) in [4.78, 5) is 0. The van der Waals surface area contributed by atoms with E-state index in [9.17, 15) is 0 Å². The molecule has 0 atom stereocenters. The summed E-state index contributed by atoms with van der Waals surface area (Å²) in [5.74, 6) is -0.495. The minimum absolute atomic E-state index is 0.0182. The van der Waals surface area contributed by atoms with Crippen LogP contribution in [0.3, 0.4) is 0 Å². The minimum atomic E-state index is -0.264. The number of phenolic OH excluding ortho intramolecular Hbond substituents is 3. The van der Waals surface area contributed by atoms with E-state index in [2.05, 4.69) is 0 Å². The molecule has 1 aromatic carbocycles. The monoisotopic (exact) mass is 140 g/mol. The van der Waals surface area contributed by atoms with E-state index in [0.29, 0.717) is 5.56 Å². The van der Waals surface area contributed by atoms with E-state index in [1.165, 1.54) is 19.1 Å². The second kappa shape index (κ2) is 2.10. The van der Waals surface area contributed by atoms with Gasteiger partial charge in [0, 0.05) is 5.56 Å². The van der Waals surface area contributed by atoms with Crippen LogP contribution in [0.25, 0.3) is 0 Å². The van der Waals surface area contributed by atoms with Crippen molar-refractivity contribution in [2.45, 2.75) is 6.92 Å². The van der Waals surface area contributed by atoms with Crippen LogP contribution in [-0.2, 0) is 0 Å². The van der Waals surface area contributed by atoms with Gasteiger partial charge in [-0.1, -0.05) is 0 Å². The molecule has 54 valence electrons. The summed E-state index contributed by atoms with van der Waals surface area (Å²) in [6.45, 7) is 1.52. The molecule has 0 aliphatic carbocycles. The highest BCUT2D eigenvalue weighted by molar-refractivity contribution is 5.50. The van der Waals surface area contributed by atoms with Gasteiger partial charge in [0.15, 0.2) is 11.5 Å². The van der Waals surface area contributed by atoms with E-state index in [1.54, 1.807) is 0 Å². The Kier molecular flexibility index (Phi) is 1.41. The lowest BCUT2D eigenvalue weighted by Crippen LogP contribution is -1.76. The van der Waals surface area contributed by atoms with E-state index in [0.717, 1.165) is 0 Å². The van der Waals surface area contributed by atoms with Crippen LogP contribution in [0.15, 0.2) is 12.1 Å². The Hall–Kier alpha value is -1.38. The first kappa shape index (κ1) is 6.74. The van der Waals surface area contributed by atoms with Crippen LogP contribution in [-0.4, -0.2) is 15.3 Å². The zero-order valence-corrected chi connectivity index (χ0v) is 5.50. The quantitative estimate of drug-likeness (QED) is 0.373. The average Bonchev–Trinajstić information content (AvgIpc) is 1.93. The van der Waals surface area contributed by atoms with Gasteiger partial charge in [0.25, 0.3) is 0 Å². The molecular formula is C7H8O3. The maximum Gasteiger partial charge on any atom is 0.164 e. The molecule has 0 spiro atoms. The standard InChI is InChI=1S/C7H8O3/c1-4-5(8)2-3-6(9)7(4)10/h2-3,8-10H,1H3. The van der Waals surface area contributed by atoms with Crippen LogP contribution in [0, 0.1) is 6.92 Å². The summed E-state index contributed by atoms with van der Waals surface area (Å²) in [5.41, 5.74) is 0.292. The first-order valence-corrected chi connectivity index (χ1v) is 2.83. The van der Waals surface area contributed by atoms with Crippen LogP contribution >= 0.6 is 0 Å². The van der Waals surface area contributed by atoms with Crippen molar-refractivity contribution in [3.8, 4) is 17.2 Å². The highest BCUT2D eigenvalue weighted by Gasteiger charge is 2.05. The fourth-order valence-corrected chi connectivity index (χ4v) is 0.675. The van der Waals surface area contributed by atoms with Crippen molar-refractivity contribution in [2.24, 2.45) is 0 Å². The molecule has 0 saturated carbocycles. The maximum atomic E-state index is 8.98. The van der Waals surface area contributed by atoms with Crippen molar-refractivity contribution in [1.29, 1.82) is 0 Å². The van der Waals surface area contributed by atoms with E-state index >= 15 is 0 Å². The molecule has 3 N–H and O–H groups in total. The summed E-state index contributed by atoms with van der Waals surface area (Å²) in [6.07, 6.45) is 0. The molecule has 0 aliphatic rings. The molecule has 0 amide bonds. The highest BCUT2D eigenvalue weighted by Crippen LogP contribution is 2.33. The third-order valence-electron chi connectivity index (χ3n) is 1.38. The highest BCUT2D eigenvalue weighted by atomic mass is 16.3. The summed E-state index contributed by atoms with van der Waals surface area (Å²) < 4.78 is 0. The largest absolute Gasteiger partial charge is 0.508 e. The van der Waals surface area contributed by atoms with Crippen LogP contribution in [0.1, 0.15) is 5.56 Å². The van der Waals surface area contributed by atoms with Gasteiger partial charge in [-0.25, -0.2) is 0 Å². The van der Waals surface area contributed by atoms with E-state index in [-0.39, 0.29) is 17.2 Å². The van der Waals surface area contributed by atoms with Gasteiger partial charge in [-0.05, 0) is 19.1 Å². The van der Waals surface area contributed by atoms with Crippen molar-refractivity contribution in [1.82, 2.24) is 0 Å². The lowest BCUT2D eigenvalue weighted by atomic mass is 10.2. The van der Waals surface area contributed by atoms with E-state index < -0.39 is 0 Å². The number of rotatable bonds is 0. The normalized spacial score (nSPS) is 9.70. The molecule has 0 fully saturated rings. The Morgan fingerprint density at radius 1 is 1.00 bits per heavy atom. The average molecular weight is 140 g/mol. The first-order chi connectivity index (χ1) is 4.63. The van der Waals surface area contributed by atoms with Crippen molar-refractivity contribution in [2.75, 3.05) is 0 Å². The zero-order chi connectivity index (χ0) is 7.72. The molecule has 10 heavy (non-hydrogen) atoms. The molecule has 0 saturated heterocycles. The lowest BCUT2D eigenvalue weighted by Gasteiger charge is -2.01. The van der Waals surface area contributed by atoms with Crippen LogP contribution in [0.5, 0.6) is 17.2 Å². The Morgan fingerprint density at radius 3 is 2.00 bits per heavy atom. The second-order valence-corrected chi connectivity index (χ2v) is 2.08. The summed E-state index contributed by atoms with van der Waals surface area (Å²) >= 11 is 0. The molecule has 0 aromatic heterocycles.